The molecule has 0 unspecified atom stereocenters. The van der Waals surface area contributed by atoms with E-state index in [-0.39, 0.29) is 0 Å². The Kier molecular flexibility index (Phi) is 3.55. The lowest BCUT2D eigenvalue weighted by Gasteiger charge is -2.09. The number of hydrogen-bond donors (Lipinski definition) is 1. The molecule has 0 radical (unpaired) electrons. The van der Waals surface area contributed by atoms with Crippen LogP contribution < -0.4 is 5.32 Å². The van der Waals surface area contributed by atoms with E-state index in [0.717, 1.165) is 21.5 Å². The maximum absolute atomic E-state index is 8.82. The maximum atomic E-state index is 8.82. The molecule has 2 heterocycles. The van der Waals surface area contributed by atoms with Crippen LogP contribution in [0, 0.1) is 11.3 Å². The minimum Gasteiger partial charge on any atom is -0.380 e. The molecule has 0 saturated carbocycles. The van der Waals surface area contributed by atoms with Gasteiger partial charge in [-0.05, 0) is 30.3 Å². The highest BCUT2D eigenvalue weighted by molar-refractivity contribution is 7.10. The molecule has 0 bridgehead atoms. The van der Waals surface area contributed by atoms with Gasteiger partial charge in [0, 0.05) is 34.1 Å². The van der Waals surface area contributed by atoms with Crippen molar-refractivity contribution in [2.45, 2.75) is 6.54 Å². The second-order valence-electron chi connectivity index (χ2n) is 4.26. The van der Waals surface area contributed by atoms with Gasteiger partial charge in [-0.25, -0.2) is 0 Å². The first kappa shape index (κ1) is 12.9. The van der Waals surface area contributed by atoms with Crippen molar-refractivity contribution in [1.82, 2.24) is 4.98 Å². The molecule has 20 heavy (non-hydrogen) atoms. The summed E-state index contributed by atoms with van der Waals surface area (Å²) in [4.78, 5) is 5.42. The van der Waals surface area contributed by atoms with Gasteiger partial charge in [-0.3, -0.25) is 4.98 Å². The number of nitrogens with one attached hydrogen (secondary N) is 1. The van der Waals surface area contributed by atoms with Crippen molar-refractivity contribution >= 4 is 39.5 Å². The predicted molar refractivity (Wildman–Crippen MR) is 83.1 cm³/mol. The second-order valence-corrected chi connectivity index (χ2v) is 5.66. The molecule has 3 nitrogen and oxygen atoms in total. The SMILES string of the molecule is N#Cc1csc(CNc2ccc(Cl)c3ncccc23)c1. The van der Waals surface area contributed by atoms with Crippen LogP contribution in [0.4, 0.5) is 5.69 Å². The van der Waals surface area contributed by atoms with E-state index >= 15 is 0 Å². The number of nitrogens with zero attached hydrogens (tertiary/aromatic N) is 2. The fourth-order valence-corrected chi connectivity index (χ4v) is 2.97. The van der Waals surface area contributed by atoms with Gasteiger partial charge in [0.05, 0.1) is 16.1 Å². The summed E-state index contributed by atoms with van der Waals surface area (Å²) in [5.41, 5.74) is 2.49. The first-order valence-electron chi connectivity index (χ1n) is 6.02. The molecule has 0 aliphatic carbocycles. The number of halogens is 1. The van der Waals surface area contributed by atoms with E-state index in [1.54, 1.807) is 17.5 Å². The molecule has 0 atom stereocenters. The number of fused-ring (bicyclic) bond motifs is 1. The third kappa shape index (κ3) is 2.46. The summed E-state index contributed by atoms with van der Waals surface area (Å²) in [5.74, 6) is 0. The zero-order valence-electron chi connectivity index (χ0n) is 10.4. The summed E-state index contributed by atoms with van der Waals surface area (Å²) in [5, 5.41) is 15.7. The molecule has 0 fully saturated rings. The van der Waals surface area contributed by atoms with Crippen LogP contribution in [-0.4, -0.2) is 4.98 Å². The Morgan fingerprint density at radius 1 is 1.35 bits per heavy atom. The van der Waals surface area contributed by atoms with Crippen LogP contribution in [0.3, 0.4) is 0 Å². The van der Waals surface area contributed by atoms with E-state index in [9.17, 15) is 0 Å². The van der Waals surface area contributed by atoms with Gasteiger partial charge < -0.3 is 5.32 Å². The molecule has 1 N–H and O–H groups in total. The van der Waals surface area contributed by atoms with Crippen LogP contribution >= 0.6 is 22.9 Å². The Morgan fingerprint density at radius 3 is 3.05 bits per heavy atom. The summed E-state index contributed by atoms with van der Waals surface area (Å²) in [6, 6.07) is 11.7. The van der Waals surface area contributed by atoms with Crippen LogP contribution in [0.25, 0.3) is 10.9 Å². The summed E-state index contributed by atoms with van der Waals surface area (Å²) in [6.45, 7) is 0.679. The monoisotopic (exact) mass is 299 g/mol. The lowest BCUT2D eigenvalue weighted by Crippen LogP contribution is -1.98. The van der Waals surface area contributed by atoms with E-state index in [1.165, 1.54) is 0 Å². The number of thiophene rings is 1. The molecule has 0 aliphatic rings. The molecular formula is C15H10ClN3S. The molecule has 2 aromatic heterocycles. The smallest absolute Gasteiger partial charge is 0.100 e. The van der Waals surface area contributed by atoms with Gasteiger partial charge in [-0.15, -0.1) is 11.3 Å². The fourth-order valence-electron chi connectivity index (χ4n) is 2.01. The number of anilines is 1. The third-order valence-electron chi connectivity index (χ3n) is 2.96. The van der Waals surface area contributed by atoms with Crippen LogP contribution in [0.5, 0.6) is 0 Å². The van der Waals surface area contributed by atoms with Crippen molar-refractivity contribution in [3.05, 3.63) is 57.4 Å². The first-order chi connectivity index (χ1) is 9.78. The third-order valence-corrected chi connectivity index (χ3v) is 4.20. The number of aromatic nitrogens is 1. The van der Waals surface area contributed by atoms with Gasteiger partial charge in [0.2, 0.25) is 0 Å². The lowest BCUT2D eigenvalue weighted by molar-refractivity contribution is 1.20. The Hall–Kier alpha value is -2.09. The highest BCUT2D eigenvalue weighted by Gasteiger charge is 2.06. The van der Waals surface area contributed by atoms with Crippen molar-refractivity contribution in [3.63, 3.8) is 0 Å². The highest BCUT2D eigenvalue weighted by atomic mass is 35.5. The fraction of sp³-hybridized carbons (Fsp3) is 0.0667. The Bertz CT molecular complexity index is 804. The molecule has 0 amide bonds. The molecule has 0 aliphatic heterocycles. The molecule has 5 heteroatoms. The summed E-state index contributed by atoms with van der Waals surface area (Å²) in [7, 11) is 0. The molecule has 3 aromatic rings. The number of benzene rings is 1. The standard InChI is InChI=1S/C15H10ClN3S/c16-13-3-4-14(12-2-1-5-18-15(12)13)19-8-11-6-10(7-17)9-20-11/h1-6,9,19H,8H2. The summed E-state index contributed by atoms with van der Waals surface area (Å²) < 4.78 is 0. The van der Waals surface area contributed by atoms with Crippen LogP contribution in [0.1, 0.15) is 10.4 Å². The average molecular weight is 300 g/mol. The van der Waals surface area contributed by atoms with Gasteiger partial charge in [0.15, 0.2) is 0 Å². The molecule has 98 valence electrons. The molecule has 1 aromatic carbocycles. The molecular weight excluding hydrogens is 290 g/mol. The minimum absolute atomic E-state index is 0.647. The number of nitriles is 1. The summed E-state index contributed by atoms with van der Waals surface area (Å²) in [6.07, 6.45) is 1.73. The van der Waals surface area contributed by atoms with Gasteiger partial charge in [-0.1, -0.05) is 11.6 Å². The topological polar surface area (TPSA) is 48.7 Å². The summed E-state index contributed by atoms with van der Waals surface area (Å²) >= 11 is 7.72. The zero-order valence-corrected chi connectivity index (χ0v) is 12.0. The zero-order chi connectivity index (χ0) is 13.9. The number of rotatable bonds is 3. The number of hydrogen-bond acceptors (Lipinski definition) is 4. The second kappa shape index (κ2) is 5.49. The van der Waals surface area contributed by atoms with Crippen LogP contribution in [0.2, 0.25) is 5.02 Å². The predicted octanol–water partition coefficient (Wildman–Crippen LogP) is 4.43. The Labute approximate surface area is 125 Å². The van der Waals surface area contributed by atoms with E-state index in [0.29, 0.717) is 17.1 Å². The highest BCUT2D eigenvalue weighted by Crippen LogP contribution is 2.28. The van der Waals surface area contributed by atoms with Gasteiger partial charge >= 0.3 is 0 Å². The average Bonchev–Trinajstić information content (AvgIpc) is 2.95. The van der Waals surface area contributed by atoms with Crippen molar-refractivity contribution in [1.29, 1.82) is 5.26 Å². The van der Waals surface area contributed by atoms with Gasteiger partial charge in [0.25, 0.3) is 0 Å². The van der Waals surface area contributed by atoms with Gasteiger partial charge in [-0.2, -0.15) is 5.26 Å². The first-order valence-corrected chi connectivity index (χ1v) is 7.28. The van der Waals surface area contributed by atoms with E-state index < -0.39 is 0 Å². The van der Waals surface area contributed by atoms with Crippen molar-refractivity contribution in [3.8, 4) is 6.07 Å². The largest absolute Gasteiger partial charge is 0.380 e. The Balaban J connectivity index is 1.88. The molecule has 0 saturated heterocycles. The maximum Gasteiger partial charge on any atom is 0.100 e. The van der Waals surface area contributed by atoms with Crippen molar-refractivity contribution in [2.24, 2.45) is 0 Å². The molecule has 0 spiro atoms. The quantitative estimate of drug-likeness (QED) is 0.778. The van der Waals surface area contributed by atoms with E-state index in [1.807, 2.05) is 35.7 Å². The number of pyridine rings is 1. The minimum atomic E-state index is 0.647. The van der Waals surface area contributed by atoms with E-state index in [2.05, 4.69) is 16.4 Å². The van der Waals surface area contributed by atoms with Crippen molar-refractivity contribution in [2.75, 3.05) is 5.32 Å². The van der Waals surface area contributed by atoms with E-state index in [4.69, 9.17) is 16.9 Å². The molecule has 3 rings (SSSR count). The normalized spacial score (nSPS) is 10.4. The lowest BCUT2D eigenvalue weighted by atomic mass is 10.2. The van der Waals surface area contributed by atoms with Gasteiger partial charge in [0.1, 0.15) is 6.07 Å². The van der Waals surface area contributed by atoms with Crippen molar-refractivity contribution < 1.29 is 0 Å². The van der Waals surface area contributed by atoms with Crippen LogP contribution in [-0.2, 0) is 6.54 Å². The van der Waals surface area contributed by atoms with Crippen LogP contribution in [0.15, 0.2) is 41.9 Å². The Morgan fingerprint density at radius 2 is 2.25 bits per heavy atom.